The molecular weight excluding hydrogens is 258 g/mol. The summed E-state index contributed by atoms with van der Waals surface area (Å²) in [5, 5.41) is 9.44. The Balaban J connectivity index is 1.99. The Bertz CT molecular complexity index is 546. The van der Waals surface area contributed by atoms with Crippen LogP contribution < -0.4 is 0 Å². The maximum Gasteiger partial charge on any atom is 0.331 e. The Morgan fingerprint density at radius 2 is 1.65 bits per heavy atom. The van der Waals surface area contributed by atoms with Crippen LogP contribution in [0.3, 0.4) is 0 Å². The quantitative estimate of drug-likeness (QED) is 0.849. The summed E-state index contributed by atoms with van der Waals surface area (Å²) in [5.41, 5.74) is 0.460. The minimum atomic E-state index is -1.21. The molecule has 5 nitrogen and oxygen atoms in total. The van der Waals surface area contributed by atoms with Gasteiger partial charge in [-0.05, 0) is 18.4 Å². The molecule has 5 heteroatoms. The first-order chi connectivity index (χ1) is 9.61. The maximum atomic E-state index is 12.4. The van der Waals surface area contributed by atoms with Gasteiger partial charge >= 0.3 is 5.97 Å². The van der Waals surface area contributed by atoms with E-state index in [2.05, 4.69) is 0 Å². The zero-order valence-electron chi connectivity index (χ0n) is 10.9. The predicted molar refractivity (Wildman–Crippen MR) is 69.5 cm³/mol. The van der Waals surface area contributed by atoms with Crippen LogP contribution in [0.5, 0.6) is 0 Å². The molecule has 1 aliphatic carbocycles. The number of aliphatic carboxylic acids is 1. The molecule has 1 heterocycles. The molecule has 1 saturated carbocycles. The van der Waals surface area contributed by atoms with Gasteiger partial charge in [0.25, 0.3) is 0 Å². The third kappa shape index (κ3) is 1.81. The lowest BCUT2D eigenvalue weighted by atomic mass is 10.00. The molecule has 1 aromatic carbocycles. The number of amides is 2. The molecule has 2 amide bonds. The Labute approximate surface area is 116 Å². The van der Waals surface area contributed by atoms with Crippen LogP contribution in [0.25, 0.3) is 0 Å². The second-order valence-electron chi connectivity index (χ2n) is 5.34. The van der Waals surface area contributed by atoms with Gasteiger partial charge in [0, 0.05) is 0 Å². The van der Waals surface area contributed by atoms with Gasteiger partial charge in [0.1, 0.15) is 0 Å². The van der Waals surface area contributed by atoms with Crippen molar-refractivity contribution in [3.63, 3.8) is 0 Å². The van der Waals surface area contributed by atoms with Crippen molar-refractivity contribution in [2.24, 2.45) is 11.8 Å². The van der Waals surface area contributed by atoms with Gasteiger partial charge in [0.05, 0.1) is 11.8 Å². The van der Waals surface area contributed by atoms with Crippen LogP contribution in [0.2, 0.25) is 0 Å². The summed E-state index contributed by atoms with van der Waals surface area (Å²) in [6.45, 7) is 0. The van der Waals surface area contributed by atoms with E-state index in [1.165, 1.54) is 0 Å². The maximum absolute atomic E-state index is 12.4. The van der Waals surface area contributed by atoms with Crippen LogP contribution in [-0.4, -0.2) is 27.8 Å². The number of carbonyl (C=O) groups is 3. The van der Waals surface area contributed by atoms with Crippen molar-refractivity contribution in [2.75, 3.05) is 0 Å². The summed E-state index contributed by atoms with van der Waals surface area (Å²) in [4.78, 5) is 37.2. The van der Waals surface area contributed by atoms with E-state index >= 15 is 0 Å². The van der Waals surface area contributed by atoms with Crippen molar-refractivity contribution in [1.82, 2.24) is 4.90 Å². The number of imide groups is 1. The third-order valence-electron chi connectivity index (χ3n) is 4.23. The molecule has 104 valence electrons. The largest absolute Gasteiger partial charge is 0.479 e. The van der Waals surface area contributed by atoms with E-state index in [1.54, 1.807) is 30.3 Å². The van der Waals surface area contributed by atoms with E-state index in [0.717, 1.165) is 11.3 Å². The lowest BCUT2D eigenvalue weighted by Crippen LogP contribution is -2.39. The first-order valence-corrected chi connectivity index (χ1v) is 6.76. The van der Waals surface area contributed by atoms with Gasteiger partial charge in [0.15, 0.2) is 6.04 Å². The average molecular weight is 273 g/mol. The number of rotatable bonds is 3. The number of carboxylic acids is 1. The average Bonchev–Trinajstić information content (AvgIpc) is 3.00. The molecule has 0 bridgehead atoms. The van der Waals surface area contributed by atoms with Gasteiger partial charge in [0.2, 0.25) is 11.8 Å². The number of likely N-dealkylation sites (tertiary alicyclic amines) is 1. The van der Waals surface area contributed by atoms with E-state index in [1.807, 2.05) is 0 Å². The van der Waals surface area contributed by atoms with Gasteiger partial charge in [-0.3, -0.25) is 14.5 Å². The second-order valence-corrected chi connectivity index (χ2v) is 5.34. The molecule has 1 aliphatic heterocycles. The van der Waals surface area contributed by atoms with Gasteiger partial charge in [-0.2, -0.15) is 0 Å². The van der Waals surface area contributed by atoms with Crippen LogP contribution in [0.15, 0.2) is 30.3 Å². The monoisotopic (exact) mass is 273 g/mol. The highest BCUT2D eigenvalue weighted by molar-refractivity contribution is 6.08. The number of carboxylic acid groups (broad SMARTS) is 1. The SMILES string of the molecule is O=C(O)C(c1ccccc1)N1C(=O)C2CCCC2C1=O. The second kappa shape index (κ2) is 4.74. The molecule has 20 heavy (non-hydrogen) atoms. The lowest BCUT2D eigenvalue weighted by Gasteiger charge is -2.24. The molecule has 1 aromatic rings. The van der Waals surface area contributed by atoms with Crippen molar-refractivity contribution in [1.29, 1.82) is 0 Å². The number of benzene rings is 1. The van der Waals surface area contributed by atoms with E-state index in [0.29, 0.717) is 18.4 Å². The van der Waals surface area contributed by atoms with Gasteiger partial charge in [-0.25, -0.2) is 4.79 Å². The zero-order chi connectivity index (χ0) is 14.3. The number of nitrogens with zero attached hydrogens (tertiary/aromatic N) is 1. The molecule has 3 rings (SSSR count). The molecule has 0 radical (unpaired) electrons. The van der Waals surface area contributed by atoms with E-state index in [-0.39, 0.29) is 23.7 Å². The summed E-state index contributed by atoms with van der Waals surface area (Å²) in [6.07, 6.45) is 2.24. The van der Waals surface area contributed by atoms with Crippen LogP contribution >= 0.6 is 0 Å². The van der Waals surface area contributed by atoms with Crippen LogP contribution in [0, 0.1) is 11.8 Å². The number of hydrogen-bond acceptors (Lipinski definition) is 3. The van der Waals surface area contributed by atoms with E-state index < -0.39 is 12.0 Å². The Morgan fingerprint density at radius 1 is 1.10 bits per heavy atom. The molecular formula is C15H15NO4. The first-order valence-electron chi connectivity index (χ1n) is 6.76. The highest BCUT2D eigenvalue weighted by Crippen LogP contribution is 2.42. The summed E-state index contributed by atoms with van der Waals surface area (Å²) in [7, 11) is 0. The van der Waals surface area contributed by atoms with Crippen molar-refractivity contribution >= 4 is 17.8 Å². The van der Waals surface area contributed by atoms with E-state index in [9.17, 15) is 19.5 Å². The Hall–Kier alpha value is -2.17. The van der Waals surface area contributed by atoms with E-state index in [4.69, 9.17) is 0 Å². The molecule has 1 saturated heterocycles. The van der Waals surface area contributed by atoms with Crippen LogP contribution in [0.4, 0.5) is 0 Å². The fraction of sp³-hybridized carbons (Fsp3) is 0.400. The summed E-state index contributed by atoms with van der Waals surface area (Å²) in [6, 6.07) is 7.24. The minimum Gasteiger partial charge on any atom is -0.479 e. The smallest absolute Gasteiger partial charge is 0.331 e. The molecule has 1 N–H and O–H groups in total. The van der Waals surface area contributed by atoms with Gasteiger partial charge in [-0.1, -0.05) is 36.8 Å². The highest BCUT2D eigenvalue weighted by Gasteiger charge is 2.53. The zero-order valence-corrected chi connectivity index (χ0v) is 10.9. The third-order valence-corrected chi connectivity index (χ3v) is 4.23. The summed E-state index contributed by atoms with van der Waals surface area (Å²) < 4.78 is 0. The standard InChI is InChI=1S/C15H15NO4/c17-13-10-7-4-8-11(10)14(18)16(13)12(15(19)20)9-5-2-1-3-6-9/h1-3,5-6,10-12H,4,7-8H2,(H,19,20). The van der Waals surface area contributed by atoms with Crippen molar-refractivity contribution in [3.8, 4) is 0 Å². The summed E-state index contributed by atoms with van der Waals surface area (Å²) >= 11 is 0. The predicted octanol–water partition coefficient (Wildman–Crippen LogP) is 1.60. The molecule has 2 aliphatic rings. The Morgan fingerprint density at radius 3 is 2.15 bits per heavy atom. The summed E-state index contributed by atoms with van der Waals surface area (Å²) in [5.74, 6) is -2.44. The number of carbonyl (C=O) groups excluding carboxylic acids is 2. The van der Waals surface area contributed by atoms with Crippen molar-refractivity contribution < 1.29 is 19.5 Å². The fourth-order valence-electron chi connectivity index (χ4n) is 3.31. The molecule has 0 spiro atoms. The molecule has 3 atom stereocenters. The number of fused-ring (bicyclic) bond motifs is 1. The highest BCUT2D eigenvalue weighted by atomic mass is 16.4. The number of hydrogen-bond donors (Lipinski definition) is 1. The molecule has 0 aromatic heterocycles. The van der Waals surface area contributed by atoms with Gasteiger partial charge in [-0.15, -0.1) is 0 Å². The topological polar surface area (TPSA) is 74.7 Å². The fourth-order valence-corrected chi connectivity index (χ4v) is 3.31. The van der Waals surface area contributed by atoms with Crippen molar-refractivity contribution in [3.05, 3.63) is 35.9 Å². The Kier molecular flexibility index (Phi) is 3.04. The first kappa shape index (κ1) is 12.8. The van der Waals surface area contributed by atoms with Gasteiger partial charge < -0.3 is 5.11 Å². The minimum absolute atomic E-state index is 0.312. The molecule has 3 unspecified atom stereocenters. The van der Waals surface area contributed by atoms with Crippen LogP contribution in [0.1, 0.15) is 30.9 Å². The normalized spacial score (nSPS) is 26.7. The van der Waals surface area contributed by atoms with Crippen molar-refractivity contribution in [2.45, 2.75) is 25.3 Å². The van der Waals surface area contributed by atoms with Crippen LogP contribution in [-0.2, 0) is 14.4 Å². The molecule has 2 fully saturated rings. The lowest BCUT2D eigenvalue weighted by molar-refractivity contribution is -0.155.